The van der Waals surface area contributed by atoms with Crippen LogP contribution in [0, 0.1) is 23.5 Å². The molecule has 39 heavy (non-hydrogen) atoms. The van der Waals surface area contributed by atoms with E-state index in [4.69, 9.17) is 4.74 Å². The summed E-state index contributed by atoms with van der Waals surface area (Å²) in [5.41, 5.74) is 1.77. The standard InChI is InChI=1S/C31H38F2N2O4/c1-39-23-10-11-29-26(19-23)24(14-16-34-29)30(36)12-8-21-15-18-35(20-22(21)9-13-31(37)38)17-3-2-5-25-27(32)6-4-7-28(25)33/h4,6-7,10-11,14,16,19,21-22,30,36H,2-3,5,8-9,12-13,15,17-18,20H2,1H3,(H,37,38)/t21-,22+,30?/m1/s1. The molecule has 1 aliphatic rings. The van der Waals surface area contributed by atoms with E-state index < -0.39 is 23.7 Å². The number of carbonyl (C=O) groups is 1. The number of likely N-dealkylation sites (tertiary alicyclic amines) is 1. The van der Waals surface area contributed by atoms with Gasteiger partial charge in [0.25, 0.3) is 0 Å². The van der Waals surface area contributed by atoms with Crippen molar-refractivity contribution in [3.8, 4) is 5.75 Å². The number of unbranched alkanes of at least 4 members (excludes halogenated alkanes) is 1. The second kappa shape index (κ2) is 13.8. The first-order chi connectivity index (χ1) is 18.9. The number of carboxylic acids is 1. The molecule has 1 aliphatic heterocycles. The van der Waals surface area contributed by atoms with Gasteiger partial charge in [-0.3, -0.25) is 9.78 Å². The van der Waals surface area contributed by atoms with Crippen molar-refractivity contribution in [2.75, 3.05) is 26.7 Å². The molecule has 2 heterocycles. The summed E-state index contributed by atoms with van der Waals surface area (Å²) in [6.07, 6.45) is 5.98. The number of pyridine rings is 1. The maximum atomic E-state index is 13.9. The lowest BCUT2D eigenvalue weighted by Crippen LogP contribution is -2.41. The van der Waals surface area contributed by atoms with Crippen molar-refractivity contribution in [2.24, 2.45) is 11.8 Å². The van der Waals surface area contributed by atoms with Gasteiger partial charge in [0.15, 0.2) is 0 Å². The molecular formula is C31H38F2N2O4. The Bertz CT molecular complexity index is 1230. The van der Waals surface area contributed by atoms with E-state index in [1.165, 1.54) is 18.2 Å². The van der Waals surface area contributed by atoms with E-state index in [1.54, 1.807) is 13.3 Å². The number of halogens is 2. The van der Waals surface area contributed by atoms with Crippen molar-refractivity contribution in [2.45, 2.75) is 57.5 Å². The molecule has 3 aromatic rings. The second-order valence-corrected chi connectivity index (χ2v) is 10.6. The Hall–Kier alpha value is -3.10. The number of piperidine rings is 1. The van der Waals surface area contributed by atoms with Crippen LogP contribution in [0.3, 0.4) is 0 Å². The Labute approximate surface area is 228 Å². The van der Waals surface area contributed by atoms with Gasteiger partial charge in [-0.25, -0.2) is 8.78 Å². The predicted molar refractivity (Wildman–Crippen MR) is 147 cm³/mol. The molecule has 3 atom stereocenters. The number of aliphatic hydroxyl groups excluding tert-OH is 1. The van der Waals surface area contributed by atoms with Crippen molar-refractivity contribution < 1.29 is 28.5 Å². The van der Waals surface area contributed by atoms with Crippen molar-refractivity contribution in [3.05, 3.63) is 71.4 Å². The minimum Gasteiger partial charge on any atom is -0.497 e. The summed E-state index contributed by atoms with van der Waals surface area (Å²) in [5, 5.41) is 21.3. The third kappa shape index (κ3) is 7.73. The zero-order chi connectivity index (χ0) is 27.8. The normalized spacial score (nSPS) is 18.8. The molecule has 1 saturated heterocycles. The number of rotatable bonds is 13. The first kappa shape index (κ1) is 28.9. The van der Waals surface area contributed by atoms with Crippen LogP contribution in [-0.4, -0.2) is 52.8 Å². The van der Waals surface area contributed by atoms with Crippen molar-refractivity contribution in [1.29, 1.82) is 0 Å². The Kier molecular flexibility index (Phi) is 10.2. The van der Waals surface area contributed by atoms with Crippen LogP contribution >= 0.6 is 0 Å². The predicted octanol–water partition coefficient (Wildman–Crippen LogP) is 6.16. The molecule has 4 rings (SSSR count). The number of benzene rings is 2. The highest BCUT2D eigenvalue weighted by Crippen LogP contribution is 2.35. The first-order valence-corrected chi connectivity index (χ1v) is 13.8. The maximum absolute atomic E-state index is 13.9. The fourth-order valence-corrected chi connectivity index (χ4v) is 5.88. The van der Waals surface area contributed by atoms with Gasteiger partial charge in [0.2, 0.25) is 0 Å². The molecule has 0 saturated carbocycles. The van der Waals surface area contributed by atoms with Crippen molar-refractivity contribution in [1.82, 2.24) is 9.88 Å². The topological polar surface area (TPSA) is 82.9 Å². The van der Waals surface area contributed by atoms with E-state index in [9.17, 15) is 23.8 Å². The van der Waals surface area contributed by atoms with E-state index in [1.807, 2.05) is 24.3 Å². The van der Waals surface area contributed by atoms with E-state index in [-0.39, 0.29) is 17.9 Å². The quantitative estimate of drug-likeness (QED) is 0.253. The van der Waals surface area contributed by atoms with Gasteiger partial charge in [0, 0.05) is 30.1 Å². The molecule has 6 nitrogen and oxygen atoms in total. The highest BCUT2D eigenvalue weighted by molar-refractivity contribution is 5.83. The van der Waals surface area contributed by atoms with Crippen molar-refractivity contribution >= 4 is 16.9 Å². The van der Waals surface area contributed by atoms with Gasteiger partial charge in [-0.1, -0.05) is 6.07 Å². The zero-order valence-corrected chi connectivity index (χ0v) is 22.5. The molecule has 0 spiro atoms. The Morgan fingerprint density at radius 2 is 1.92 bits per heavy atom. The van der Waals surface area contributed by atoms with Gasteiger partial charge in [0.05, 0.1) is 18.7 Å². The number of hydrogen-bond acceptors (Lipinski definition) is 5. The lowest BCUT2D eigenvalue weighted by atomic mass is 9.79. The number of carboxylic acid groups (broad SMARTS) is 1. The van der Waals surface area contributed by atoms with E-state index >= 15 is 0 Å². The molecule has 8 heteroatoms. The van der Waals surface area contributed by atoms with Crippen molar-refractivity contribution in [3.63, 3.8) is 0 Å². The Balaban J connectivity index is 1.32. The van der Waals surface area contributed by atoms with Crippen LogP contribution in [0.4, 0.5) is 8.78 Å². The lowest BCUT2D eigenvalue weighted by Gasteiger charge is -2.39. The highest BCUT2D eigenvalue weighted by Gasteiger charge is 2.30. The summed E-state index contributed by atoms with van der Waals surface area (Å²) in [6.45, 7) is 2.52. The molecule has 0 aliphatic carbocycles. The summed E-state index contributed by atoms with van der Waals surface area (Å²) >= 11 is 0. The van der Waals surface area contributed by atoms with Crippen LogP contribution < -0.4 is 4.74 Å². The van der Waals surface area contributed by atoms with Gasteiger partial charge in [0.1, 0.15) is 17.4 Å². The van der Waals surface area contributed by atoms with Gasteiger partial charge < -0.3 is 19.8 Å². The van der Waals surface area contributed by atoms with E-state index in [0.29, 0.717) is 37.4 Å². The second-order valence-electron chi connectivity index (χ2n) is 10.6. The van der Waals surface area contributed by atoms with Gasteiger partial charge in [-0.15, -0.1) is 0 Å². The number of aromatic nitrogens is 1. The summed E-state index contributed by atoms with van der Waals surface area (Å²) in [4.78, 5) is 18.1. The molecule has 1 aromatic heterocycles. The molecule has 1 unspecified atom stereocenters. The molecule has 0 amide bonds. The fraction of sp³-hybridized carbons (Fsp3) is 0.484. The monoisotopic (exact) mass is 540 g/mol. The molecule has 0 radical (unpaired) electrons. The summed E-state index contributed by atoms with van der Waals surface area (Å²) < 4.78 is 33.2. The Morgan fingerprint density at radius 3 is 2.67 bits per heavy atom. The number of nitrogens with zero attached hydrogens (tertiary/aromatic N) is 2. The molecular weight excluding hydrogens is 502 g/mol. The molecule has 1 fully saturated rings. The highest BCUT2D eigenvalue weighted by atomic mass is 19.1. The molecule has 0 bridgehead atoms. The summed E-state index contributed by atoms with van der Waals surface area (Å²) in [7, 11) is 1.61. The first-order valence-electron chi connectivity index (χ1n) is 13.8. The zero-order valence-electron chi connectivity index (χ0n) is 22.5. The average molecular weight is 541 g/mol. The lowest BCUT2D eigenvalue weighted by molar-refractivity contribution is -0.137. The van der Waals surface area contributed by atoms with Crippen LogP contribution in [-0.2, 0) is 11.2 Å². The van der Waals surface area contributed by atoms with Crippen LogP contribution in [0.2, 0.25) is 0 Å². The van der Waals surface area contributed by atoms with Gasteiger partial charge in [-0.05, 0) is 112 Å². The third-order valence-electron chi connectivity index (χ3n) is 8.07. The summed E-state index contributed by atoms with van der Waals surface area (Å²) in [6, 6.07) is 11.5. The third-order valence-corrected chi connectivity index (χ3v) is 8.07. The van der Waals surface area contributed by atoms with Crippen LogP contribution in [0.25, 0.3) is 10.9 Å². The maximum Gasteiger partial charge on any atom is 0.303 e. The van der Waals surface area contributed by atoms with Crippen LogP contribution in [0.1, 0.15) is 62.2 Å². The van der Waals surface area contributed by atoms with E-state index in [2.05, 4.69) is 9.88 Å². The Morgan fingerprint density at radius 1 is 1.13 bits per heavy atom. The number of aliphatic hydroxyl groups is 1. The SMILES string of the molecule is COc1ccc2nccc(C(O)CC[C@@H]3CCN(CCCCc4c(F)cccc4F)C[C@@H]3CCC(=O)O)c2c1. The number of ether oxygens (including phenoxy) is 1. The minimum atomic E-state index is -0.796. The summed E-state index contributed by atoms with van der Waals surface area (Å²) in [5.74, 6) is -0.527. The van der Waals surface area contributed by atoms with Crippen LogP contribution in [0.5, 0.6) is 5.75 Å². The average Bonchev–Trinajstić information content (AvgIpc) is 2.93. The van der Waals surface area contributed by atoms with E-state index in [0.717, 1.165) is 55.4 Å². The van der Waals surface area contributed by atoms with Gasteiger partial charge in [-0.2, -0.15) is 0 Å². The fourth-order valence-electron chi connectivity index (χ4n) is 5.88. The largest absolute Gasteiger partial charge is 0.497 e. The smallest absolute Gasteiger partial charge is 0.303 e. The van der Waals surface area contributed by atoms with Gasteiger partial charge >= 0.3 is 5.97 Å². The number of aliphatic carboxylic acids is 1. The number of methoxy groups -OCH3 is 1. The molecule has 2 aromatic carbocycles. The molecule has 210 valence electrons. The minimum absolute atomic E-state index is 0.124. The van der Waals surface area contributed by atoms with Crippen LogP contribution in [0.15, 0.2) is 48.7 Å². The number of fused-ring (bicyclic) bond motifs is 1. The molecule has 2 N–H and O–H groups in total. The number of hydrogen-bond donors (Lipinski definition) is 2.